The number of carbonyl (C=O) groups excluding carboxylic acids is 2. The molecule has 0 amide bonds. The topological polar surface area (TPSA) is 43.4 Å². The monoisotopic (exact) mass is 204 g/mol. The van der Waals surface area contributed by atoms with Crippen molar-refractivity contribution in [3.63, 3.8) is 0 Å². The van der Waals surface area contributed by atoms with Crippen LogP contribution in [-0.2, 0) is 16.0 Å². The number of carbonyl (C=O) groups is 2. The Morgan fingerprint density at radius 2 is 1.93 bits per heavy atom. The van der Waals surface area contributed by atoms with Crippen molar-refractivity contribution >= 4 is 11.9 Å². The molecule has 0 saturated carbocycles. The number of ether oxygens (including phenoxy) is 1. The summed E-state index contributed by atoms with van der Waals surface area (Å²) in [4.78, 5) is 22.1. The lowest BCUT2D eigenvalue weighted by atomic mass is 10.1. The van der Waals surface area contributed by atoms with Gasteiger partial charge in [-0.1, -0.05) is 25.6 Å². The molecule has 1 aromatic rings. The van der Waals surface area contributed by atoms with Gasteiger partial charge in [-0.15, -0.1) is 0 Å². The number of aryl methyl sites for hydroxylation is 1. The lowest BCUT2D eigenvalue weighted by molar-refractivity contribution is -0.132. The molecule has 0 spiro atoms. The molecular weight excluding hydrogens is 192 g/mol. The van der Waals surface area contributed by atoms with Gasteiger partial charge in [0.25, 0.3) is 0 Å². The number of hydrogen-bond acceptors (Lipinski definition) is 3. The second-order valence-corrected chi connectivity index (χ2v) is 2.96. The van der Waals surface area contributed by atoms with E-state index >= 15 is 0 Å². The summed E-state index contributed by atoms with van der Waals surface area (Å²) < 4.78 is 4.46. The summed E-state index contributed by atoms with van der Waals surface area (Å²) in [7, 11) is 0. The van der Waals surface area contributed by atoms with E-state index in [1.165, 1.54) is 0 Å². The predicted octanol–water partition coefficient (Wildman–Crippen LogP) is 2.12. The van der Waals surface area contributed by atoms with E-state index in [-0.39, 0.29) is 0 Å². The molecule has 0 heterocycles. The average molecular weight is 204 g/mol. The molecule has 0 saturated heterocycles. The molecule has 15 heavy (non-hydrogen) atoms. The van der Waals surface area contributed by atoms with Crippen LogP contribution in [0.4, 0.5) is 0 Å². The zero-order chi connectivity index (χ0) is 11.3. The van der Waals surface area contributed by atoms with E-state index < -0.39 is 11.9 Å². The SMILES string of the molecule is C=CC(=O)OC(=O)c1ccc(CC)cc1. The zero-order valence-electron chi connectivity index (χ0n) is 8.53. The van der Waals surface area contributed by atoms with E-state index in [0.29, 0.717) is 5.56 Å². The van der Waals surface area contributed by atoms with Gasteiger partial charge in [-0.3, -0.25) is 0 Å². The van der Waals surface area contributed by atoms with Gasteiger partial charge in [-0.05, 0) is 24.1 Å². The van der Waals surface area contributed by atoms with Gasteiger partial charge < -0.3 is 4.74 Å². The molecule has 1 aromatic carbocycles. The van der Waals surface area contributed by atoms with Crippen molar-refractivity contribution in [3.8, 4) is 0 Å². The van der Waals surface area contributed by atoms with Crippen LogP contribution in [0.5, 0.6) is 0 Å². The maximum atomic E-state index is 11.3. The standard InChI is InChI=1S/C12H12O3/c1-3-9-5-7-10(8-6-9)12(14)15-11(13)4-2/h4-8H,2-3H2,1H3. The Hall–Kier alpha value is -1.90. The fraction of sp³-hybridized carbons (Fsp3) is 0.167. The van der Waals surface area contributed by atoms with Crippen molar-refractivity contribution in [3.05, 3.63) is 48.0 Å². The van der Waals surface area contributed by atoms with Gasteiger partial charge in [0.1, 0.15) is 0 Å². The Morgan fingerprint density at radius 1 is 1.33 bits per heavy atom. The summed E-state index contributed by atoms with van der Waals surface area (Å²) >= 11 is 0. The van der Waals surface area contributed by atoms with Crippen LogP contribution in [0.2, 0.25) is 0 Å². The van der Waals surface area contributed by atoms with Crippen LogP contribution in [0, 0.1) is 0 Å². The third-order valence-corrected chi connectivity index (χ3v) is 1.96. The van der Waals surface area contributed by atoms with Gasteiger partial charge in [0.2, 0.25) is 0 Å². The van der Waals surface area contributed by atoms with Gasteiger partial charge in [-0.2, -0.15) is 0 Å². The number of rotatable bonds is 3. The molecule has 0 aromatic heterocycles. The molecular formula is C12H12O3. The van der Waals surface area contributed by atoms with Gasteiger partial charge in [0, 0.05) is 6.08 Å². The molecule has 3 heteroatoms. The maximum absolute atomic E-state index is 11.3. The number of hydrogen-bond donors (Lipinski definition) is 0. The first-order valence-electron chi connectivity index (χ1n) is 4.65. The van der Waals surface area contributed by atoms with Crippen molar-refractivity contribution in [2.45, 2.75) is 13.3 Å². The average Bonchev–Trinajstić information content (AvgIpc) is 2.29. The van der Waals surface area contributed by atoms with E-state index in [0.717, 1.165) is 18.1 Å². The van der Waals surface area contributed by atoms with Crippen molar-refractivity contribution < 1.29 is 14.3 Å². The first-order chi connectivity index (χ1) is 7.17. The first kappa shape index (κ1) is 11.2. The number of esters is 2. The van der Waals surface area contributed by atoms with Gasteiger partial charge in [0.15, 0.2) is 0 Å². The maximum Gasteiger partial charge on any atom is 0.346 e. The predicted molar refractivity (Wildman–Crippen MR) is 56.4 cm³/mol. The van der Waals surface area contributed by atoms with E-state index in [4.69, 9.17) is 0 Å². The van der Waals surface area contributed by atoms with Crippen molar-refractivity contribution in [1.29, 1.82) is 0 Å². The fourth-order valence-electron chi connectivity index (χ4n) is 1.07. The van der Waals surface area contributed by atoms with Crippen molar-refractivity contribution in [2.75, 3.05) is 0 Å². The molecule has 78 valence electrons. The Bertz CT molecular complexity index is 376. The van der Waals surface area contributed by atoms with E-state index in [9.17, 15) is 9.59 Å². The zero-order valence-corrected chi connectivity index (χ0v) is 8.53. The van der Waals surface area contributed by atoms with Crippen LogP contribution < -0.4 is 0 Å². The van der Waals surface area contributed by atoms with Crippen LogP contribution in [-0.4, -0.2) is 11.9 Å². The molecule has 0 aliphatic carbocycles. The fourth-order valence-corrected chi connectivity index (χ4v) is 1.07. The third-order valence-electron chi connectivity index (χ3n) is 1.96. The minimum atomic E-state index is -0.737. The largest absolute Gasteiger partial charge is 0.386 e. The summed E-state index contributed by atoms with van der Waals surface area (Å²) in [5.41, 5.74) is 1.49. The summed E-state index contributed by atoms with van der Waals surface area (Å²) in [6, 6.07) is 6.93. The van der Waals surface area contributed by atoms with Crippen molar-refractivity contribution in [2.24, 2.45) is 0 Å². The first-order valence-corrected chi connectivity index (χ1v) is 4.65. The number of benzene rings is 1. The molecule has 1 rings (SSSR count). The summed E-state index contributed by atoms with van der Waals surface area (Å²) in [5, 5.41) is 0. The molecule has 0 N–H and O–H groups in total. The highest BCUT2D eigenvalue weighted by atomic mass is 16.6. The molecule has 0 unspecified atom stereocenters. The van der Waals surface area contributed by atoms with Gasteiger partial charge >= 0.3 is 11.9 Å². The van der Waals surface area contributed by atoms with Crippen LogP contribution >= 0.6 is 0 Å². The lowest BCUT2D eigenvalue weighted by Crippen LogP contribution is -2.09. The van der Waals surface area contributed by atoms with Crippen LogP contribution in [0.3, 0.4) is 0 Å². The molecule has 0 aliphatic rings. The Kier molecular flexibility index (Phi) is 3.80. The minimum absolute atomic E-state index is 0.363. The highest BCUT2D eigenvalue weighted by Crippen LogP contribution is 2.06. The molecule has 0 aliphatic heterocycles. The second kappa shape index (κ2) is 5.10. The molecule has 0 atom stereocenters. The van der Waals surface area contributed by atoms with Crippen LogP contribution in [0.1, 0.15) is 22.8 Å². The van der Waals surface area contributed by atoms with Crippen molar-refractivity contribution in [1.82, 2.24) is 0 Å². The summed E-state index contributed by atoms with van der Waals surface area (Å²) in [6.45, 7) is 5.23. The Labute approximate surface area is 88.4 Å². The van der Waals surface area contributed by atoms with E-state index in [1.807, 2.05) is 19.1 Å². The molecule has 0 radical (unpaired) electrons. The quantitative estimate of drug-likeness (QED) is 0.430. The summed E-state index contributed by atoms with van der Waals surface area (Å²) in [6.07, 6.45) is 1.86. The molecule has 0 fully saturated rings. The third kappa shape index (κ3) is 3.06. The van der Waals surface area contributed by atoms with E-state index in [1.54, 1.807) is 12.1 Å². The van der Waals surface area contributed by atoms with Gasteiger partial charge in [-0.25, -0.2) is 9.59 Å². The normalized spacial score (nSPS) is 9.40. The molecule has 3 nitrogen and oxygen atoms in total. The van der Waals surface area contributed by atoms with E-state index in [2.05, 4.69) is 11.3 Å². The Morgan fingerprint density at radius 3 is 2.40 bits per heavy atom. The second-order valence-electron chi connectivity index (χ2n) is 2.96. The lowest BCUT2D eigenvalue weighted by Gasteiger charge is -2.01. The van der Waals surface area contributed by atoms with Crippen LogP contribution in [0.25, 0.3) is 0 Å². The highest BCUT2D eigenvalue weighted by Gasteiger charge is 2.09. The Balaban J connectivity index is 2.74. The summed E-state index contributed by atoms with van der Waals surface area (Å²) in [5.74, 6) is -1.39. The molecule has 0 bridgehead atoms. The van der Waals surface area contributed by atoms with Crippen LogP contribution in [0.15, 0.2) is 36.9 Å². The smallest absolute Gasteiger partial charge is 0.346 e. The minimum Gasteiger partial charge on any atom is -0.386 e. The highest BCUT2D eigenvalue weighted by molar-refractivity contribution is 5.99. The van der Waals surface area contributed by atoms with Gasteiger partial charge in [0.05, 0.1) is 5.56 Å².